The third-order valence-electron chi connectivity index (χ3n) is 4.33. The zero-order valence-corrected chi connectivity index (χ0v) is 19.1. The van der Waals surface area contributed by atoms with E-state index >= 15 is 0 Å². The van der Waals surface area contributed by atoms with E-state index in [-0.39, 0.29) is 11.5 Å². The SMILES string of the molecule is CCOc1cc(C=Nc2ccc(OC)cc2)cc(Br)c1Oc1ccc([N+](=O)[O-])cc1[N+](=O)[O-]. The summed E-state index contributed by atoms with van der Waals surface area (Å²) in [7, 11) is 1.58. The Balaban J connectivity index is 1.95. The van der Waals surface area contributed by atoms with Crippen molar-refractivity contribution in [1.29, 1.82) is 0 Å². The summed E-state index contributed by atoms with van der Waals surface area (Å²) < 4.78 is 17.0. The summed E-state index contributed by atoms with van der Waals surface area (Å²) in [5.74, 6) is 1.06. The average Bonchev–Trinajstić information content (AvgIpc) is 2.80. The average molecular weight is 516 g/mol. The van der Waals surface area contributed by atoms with Gasteiger partial charge in [0.15, 0.2) is 11.5 Å². The third kappa shape index (κ3) is 5.83. The number of halogens is 1. The number of benzene rings is 3. The Hall–Kier alpha value is -3.99. The van der Waals surface area contributed by atoms with Gasteiger partial charge in [-0.2, -0.15) is 0 Å². The van der Waals surface area contributed by atoms with Crippen LogP contribution in [0.4, 0.5) is 17.1 Å². The lowest BCUT2D eigenvalue weighted by Gasteiger charge is -2.14. The molecule has 3 aromatic carbocycles. The van der Waals surface area contributed by atoms with Crippen molar-refractivity contribution in [2.45, 2.75) is 6.92 Å². The standard InChI is InChI=1S/C22H18BrN3O7/c1-3-32-21-11-14(13-24-15-4-7-17(31-2)8-5-15)10-18(23)22(21)33-20-9-6-16(25(27)28)12-19(20)26(29)30/h4-13H,3H2,1-2H3. The first-order chi connectivity index (χ1) is 15.8. The largest absolute Gasteiger partial charge is 0.497 e. The summed E-state index contributed by atoms with van der Waals surface area (Å²) in [5, 5.41) is 22.4. The minimum absolute atomic E-state index is 0.160. The van der Waals surface area contributed by atoms with Crippen LogP contribution in [-0.2, 0) is 0 Å². The summed E-state index contributed by atoms with van der Waals surface area (Å²) in [6.07, 6.45) is 1.63. The molecule has 10 nitrogen and oxygen atoms in total. The van der Waals surface area contributed by atoms with Gasteiger partial charge in [-0.05, 0) is 70.9 Å². The third-order valence-corrected chi connectivity index (χ3v) is 4.92. The van der Waals surface area contributed by atoms with Crippen molar-refractivity contribution in [3.05, 3.63) is 84.9 Å². The van der Waals surface area contributed by atoms with Crippen LogP contribution < -0.4 is 14.2 Å². The highest BCUT2D eigenvalue weighted by Gasteiger charge is 2.23. The summed E-state index contributed by atoms with van der Waals surface area (Å²) >= 11 is 3.41. The summed E-state index contributed by atoms with van der Waals surface area (Å²) in [6, 6.07) is 13.7. The number of ether oxygens (including phenoxy) is 3. The molecule has 0 bridgehead atoms. The van der Waals surface area contributed by atoms with E-state index in [1.54, 1.807) is 56.6 Å². The van der Waals surface area contributed by atoms with Gasteiger partial charge in [-0.3, -0.25) is 25.2 Å². The van der Waals surface area contributed by atoms with Crippen LogP contribution in [0.1, 0.15) is 12.5 Å². The van der Waals surface area contributed by atoms with Crippen LogP contribution in [0.5, 0.6) is 23.0 Å². The van der Waals surface area contributed by atoms with E-state index in [0.29, 0.717) is 28.1 Å². The number of hydrogen-bond acceptors (Lipinski definition) is 8. The molecule has 3 aromatic rings. The van der Waals surface area contributed by atoms with E-state index in [1.807, 2.05) is 0 Å². The Morgan fingerprint density at radius 1 is 1.00 bits per heavy atom. The van der Waals surface area contributed by atoms with Gasteiger partial charge in [-0.25, -0.2) is 0 Å². The first kappa shape index (κ1) is 23.7. The molecule has 0 atom stereocenters. The number of nitro groups is 2. The maximum absolute atomic E-state index is 11.4. The van der Waals surface area contributed by atoms with Crippen molar-refractivity contribution in [2.75, 3.05) is 13.7 Å². The number of aliphatic imine (C=N–C) groups is 1. The molecule has 0 saturated carbocycles. The van der Waals surface area contributed by atoms with Gasteiger partial charge in [0.2, 0.25) is 5.75 Å². The highest BCUT2D eigenvalue weighted by atomic mass is 79.9. The molecule has 0 fully saturated rings. The predicted molar refractivity (Wildman–Crippen MR) is 125 cm³/mol. The lowest BCUT2D eigenvalue weighted by molar-refractivity contribution is -0.394. The Labute approximate surface area is 196 Å². The molecule has 0 aliphatic rings. The number of nitro benzene ring substituents is 2. The van der Waals surface area contributed by atoms with Gasteiger partial charge in [0, 0.05) is 12.3 Å². The molecule has 170 valence electrons. The first-order valence-corrected chi connectivity index (χ1v) is 10.4. The molecule has 0 amide bonds. The van der Waals surface area contributed by atoms with E-state index in [9.17, 15) is 20.2 Å². The van der Waals surface area contributed by atoms with Gasteiger partial charge in [0.1, 0.15) is 5.75 Å². The quantitative estimate of drug-likeness (QED) is 0.188. The molecule has 0 aliphatic carbocycles. The van der Waals surface area contributed by atoms with Crippen LogP contribution in [0.25, 0.3) is 0 Å². The van der Waals surface area contributed by atoms with Crippen LogP contribution in [0.15, 0.2) is 64.1 Å². The van der Waals surface area contributed by atoms with Crippen molar-refractivity contribution in [3.8, 4) is 23.0 Å². The highest BCUT2D eigenvalue weighted by molar-refractivity contribution is 9.10. The molecule has 0 heterocycles. The van der Waals surface area contributed by atoms with Crippen molar-refractivity contribution in [1.82, 2.24) is 0 Å². The molecule has 3 rings (SSSR count). The van der Waals surface area contributed by atoms with Gasteiger partial charge in [-0.1, -0.05) is 0 Å². The molecule has 0 radical (unpaired) electrons. The first-order valence-electron chi connectivity index (χ1n) is 9.57. The Bertz CT molecular complexity index is 1210. The summed E-state index contributed by atoms with van der Waals surface area (Å²) in [5.41, 5.74) is 0.449. The normalized spacial score (nSPS) is 10.8. The van der Waals surface area contributed by atoms with Crippen LogP contribution in [0.2, 0.25) is 0 Å². The second kappa shape index (κ2) is 10.6. The molecule has 33 heavy (non-hydrogen) atoms. The van der Waals surface area contributed by atoms with Gasteiger partial charge in [0.05, 0.1) is 39.8 Å². The number of nitrogens with zero attached hydrogens (tertiary/aromatic N) is 3. The van der Waals surface area contributed by atoms with Gasteiger partial charge in [0.25, 0.3) is 5.69 Å². The monoisotopic (exact) mass is 515 g/mol. The van der Waals surface area contributed by atoms with Gasteiger partial charge in [-0.15, -0.1) is 0 Å². The Morgan fingerprint density at radius 3 is 2.33 bits per heavy atom. The number of non-ortho nitro benzene ring substituents is 1. The second-order valence-corrected chi connectivity index (χ2v) is 7.34. The van der Waals surface area contributed by atoms with Gasteiger partial charge >= 0.3 is 5.69 Å². The molecule has 0 aliphatic heterocycles. The summed E-state index contributed by atoms with van der Waals surface area (Å²) in [6.45, 7) is 2.09. The molecule has 0 N–H and O–H groups in total. The lowest BCUT2D eigenvalue weighted by atomic mass is 10.2. The fraction of sp³-hybridized carbons (Fsp3) is 0.136. The predicted octanol–water partition coefficient (Wildman–Crippen LogP) is 6.22. The minimum Gasteiger partial charge on any atom is -0.497 e. The number of rotatable bonds is 9. The van der Waals surface area contributed by atoms with Crippen LogP contribution >= 0.6 is 15.9 Å². The molecule has 0 saturated heterocycles. The van der Waals surface area contributed by atoms with E-state index in [2.05, 4.69) is 20.9 Å². The zero-order valence-electron chi connectivity index (χ0n) is 17.6. The summed E-state index contributed by atoms with van der Waals surface area (Å²) in [4.78, 5) is 25.4. The smallest absolute Gasteiger partial charge is 0.318 e. The maximum atomic E-state index is 11.4. The van der Waals surface area contributed by atoms with E-state index in [1.165, 1.54) is 6.07 Å². The molecule has 11 heteroatoms. The molecule has 0 aromatic heterocycles. The molecule has 0 unspecified atom stereocenters. The fourth-order valence-electron chi connectivity index (χ4n) is 2.80. The Morgan fingerprint density at radius 2 is 1.73 bits per heavy atom. The fourth-order valence-corrected chi connectivity index (χ4v) is 3.34. The zero-order chi connectivity index (χ0) is 24.0. The van der Waals surface area contributed by atoms with Crippen molar-refractivity contribution >= 4 is 39.2 Å². The second-order valence-electron chi connectivity index (χ2n) is 6.49. The van der Waals surface area contributed by atoms with Crippen molar-refractivity contribution in [2.24, 2.45) is 4.99 Å². The van der Waals surface area contributed by atoms with Crippen LogP contribution in [0.3, 0.4) is 0 Å². The minimum atomic E-state index is -0.744. The maximum Gasteiger partial charge on any atom is 0.318 e. The molecular weight excluding hydrogens is 498 g/mol. The number of methoxy groups -OCH3 is 1. The van der Waals surface area contributed by atoms with E-state index in [0.717, 1.165) is 17.9 Å². The van der Waals surface area contributed by atoms with Crippen LogP contribution in [-0.4, -0.2) is 29.8 Å². The van der Waals surface area contributed by atoms with Crippen LogP contribution in [0, 0.1) is 20.2 Å². The van der Waals surface area contributed by atoms with Crippen molar-refractivity contribution < 1.29 is 24.1 Å². The molecular formula is C22H18BrN3O7. The Kier molecular flexibility index (Phi) is 7.57. The topological polar surface area (TPSA) is 126 Å². The lowest BCUT2D eigenvalue weighted by Crippen LogP contribution is -2.00. The van der Waals surface area contributed by atoms with E-state index < -0.39 is 21.2 Å². The van der Waals surface area contributed by atoms with E-state index in [4.69, 9.17) is 14.2 Å². The highest BCUT2D eigenvalue weighted by Crippen LogP contribution is 2.42. The number of hydrogen-bond donors (Lipinski definition) is 0. The van der Waals surface area contributed by atoms with Crippen molar-refractivity contribution in [3.63, 3.8) is 0 Å². The molecule has 0 spiro atoms. The van der Waals surface area contributed by atoms with Gasteiger partial charge < -0.3 is 14.2 Å².